The van der Waals surface area contributed by atoms with Gasteiger partial charge in [-0.15, -0.1) is 0 Å². The molecule has 0 spiro atoms. The lowest BCUT2D eigenvalue weighted by molar-refractivity contribution is -0.123. The number of amides is 1. The second-order valence-electron chi connectivity index (χ2n) is 3.23. The smallest absolute Gasteiger partial charge is 0.246 e. The molecule has 0 bridgehead atoms. The Morgan fingerprint density at radius 1 is 1.29 bits per heavy atom. The molecule has 1 aromatic carbocycles. The highest BCUT2D eigenvalue weighted by Gasteiger charge is 1.96. The van der Waals surface area contributed by atoms with Crippen molar-refractivity contribution in [2.45, 2.75) is 0 Å². The first-order valence-corrected chi connectivity index (χ1v) is 4.34. The monoisotopic (exact) mass is 190 g/mol. The molecule has 3 heteroatoms. The zero-order chi connectivity index (χ0) is 10.6. The SMILES string of the molecule is CN(C)C(=O)C=Cc1ccc(N)cc1. The van der Waals surface area contributed by atoms with Crippen molar-refractivity contribution in [3.8, 4) is 0 Å². The van der Waals surface area contributed by atoms with Crippen molar-refractivity contribution in [2.75, 3.05) is 19.8 Å². The highest BCUT2D eigenvalue weighted by molar-refractivity contribution is 5.91. The third-order valence-corrected chi connectivity index (χ3v) is 1.80. The second kappa shape index (κ2) is 4.46. The number of carbonyl (C=O) groups is 1. The minimum Gasteiger partial charge on any atom is -0.399 e. The summed E-state index contributed by atoms with van der Waals surface area (Å²) in [5.74, 6) is -0.0261. The number of benzene rings is 1. The quantitative estimate of drug-likeness (QED) is 0.565. The number of hydrogen-bond acceptors (Lipinski definition) is 2. The highest BCUT2D eigenvalue weighted by atomic mass is 16.2. The summed E-state index contributed by atoms with van der Waals surface area (Å²) in [6, 6.07) is 7.35. The molecule has 1 amide bonds. The van der Waals surface area contributed by atoms with Crippen LogP contribution in [0.25, 0.3) is 6.08 Å². The van der Waals surface area contributed by atoms with Gasteiger partial charge in [-0.3, -0.25) is 4.79 Å². The molecule has 14 heavy (non-hydrogen) atoms. The average molecular weight is 190 g/mol. The Hall–Kier alpha value is -1.77. The van der Waals surface area contributed by atoms with Gasteiger partial charge in [-0.1, -0.05) is 12.1 Å². The van der Waals surface area contributed by atoms with Gasteiger partial charge in [0, 0.05) is 25.9 Å². The van der Waals surface area contributed by atoms with E-state index in [1.54, 1.807) is 32.3 Å². The van der Waals surface area contributed by atoms with E-state index in [2.05, 4.69) is 0 Å². The Labute approximate surface area is 83.8 Å². The summed E-state index contributed by atoms with van der Waals surface area (Å²) in [4.78, 5) is 12.7. The number of nitrogens with zero attached hydrogens (tertiary/aromatic N) is 1. The molecule has 74 valence electrons. The number of anilines is 1. The standard InChI is InChI=1S/C11H14N2O/c1-13(2)11(14)8-5-9-3-6-10(12)7-4-9/h3-8H,12H2,1-2H3. The van der Waals surface area contributed by atoms with E-state index in [9.17, 15) is 4.79 Å². The molecular formula is C11H14N2O. The molecule has 0 fully saturated rings. The van der Waals surface area contributed by atoms with Crippen LogP contribution in [0.3, 0.4) is 0 Å². The molecule has 1 rings (SSSR count). The molecule has 0 saturated heterocycles. The molecule has 0 heterocycles. The molecule has 1 aromatic rings. The predicted octanol–water partition coefficient (Wildman–Crippen LogP) is 1.37. The van der Waals surface area contributed by atoms with Crippen molar-refractivity contribution < 1.29 is 4.79 Å². The van der Waals surface area contributed by atoms with Crippen molar-refractivity contribution in [2.24, 2.45) is 0 Å². The minimum atomic E-state index is -0.0261. The number of carbonyl (C=O) groups excluding carboxylic acids is 1. The highest BCUT2D eigenvalue weighted by Crippen LogP contribution is 2.06. The van der Waals surface area contributed by atoms with Gasteiger partial charge in [0.25, 0.3) is 0 Å². The summed E-state index contributed by atoms with van der Waals surface area (Å²) in [5.41, 5.74) is 7.22. The fraction of sp³-hybridized carbons (Fsp3) is 0.182. The van der Waals surface area contributed by atoms with Gasteiger partial charge in [0.2, 0.25) is 5.91 Å². The molecule has 0 aliphatic heterocycles. The third kappa shape index (κ3) is 2.94. The maximum Gasteiger partial charge on any atom is 0.246 e. The van der Waals surface area contributed by atoms with Crippen LogP contribution in [-0.4, -0.2) is 24.9 Å². The number of hydrogen-bond donors (Lipinski definition) is 1. The van der Waals surface area contributed by atoms with Crippen LogP contribution >= 0.6 is 0 Å². The maximum atomic E-state index is 11.2. The fourth-order valence-electron chi connectivity index (χ4n) is 0.924. The van der Waals surface area contributed by atoms with Gasteiger partial charge >= 0.3 is 0 Å². The zero-order valence-electron chi connectivity index (χ0n) is 8.40. The lowest BCUT2D eigenvalue weighted by Crippen LogP contribution is -2.18. The molecular weight excluding hydrogens is 176 g/mol. The molecule has 0 radical (unpaired) electrons. The average Bonchev–Trinajstić information content (AvgIpc) is 2.16. The van der Waals surface area contributed by atoms with E-state index in [1.807, 2.05) is 12.1 Å². The lowest BCUT2D eigenvalue weighted by atomic mass is 10.2. The fourth-order valence-corrected chi connectivity index (χ4v) is 0.924. The summed E-state index contributed by atoms with van der Waals surface area (Å²) in [6.45, 7) is 0. The van der Waals surface area contributed by atoms with E-state index in [0.29, 0.717) is 0 Å². The second-order valence-corrected chi connectivity index (χ2v) is 3.23. The van der Waals surface area contributed by atoms with E-state index in [1.165, 1.54) is 11.0 Å². The van der Waals surface area contributed by atoms with Crippen LogP contribution < -0.4 is 5.73 Å². The van der Waals surface area contributed by atoms with Gasteiger partial charge in [-0.05, 0) is 23.8 Å². The van der Waals surface area contributed by atoms with Gasteiger partial charge in [-0.2, -0.15) is 0 Å². The Morgan fingerprint density at radius 2 is 1.86 bits per heavy atom. The van der Waals surface area contributed by atoms with E-state index >= 15 is 0 Å². The van der Waals surface area contributed by atoms with Crippen molar-refractivity contribution >= 4 is 17.7 Å². The number of nitrogen functional groups attached to an aromatic ring is 1. The molecule has 3 nitrogen and oxygen atoms in total. The van der Waals surface area contributed by atoms with Gasteiger partial charge < -0.3 is 10.6 Å². The number of rotatable bonds is 2. The molecule has 0 aliphatic carbocycles. The molecule has 0 atom stereocenters. The largest absolute Gasteiger partial charge is 0.399 e. The summed E-state index contributed by atoms with van der Waals surface area (Å²) < 4.78 is 0. The summed E-state index contributed by atoms with van der Waals surface area (Å²) in [7, 11) is 3.44. The van der Waals surface area contributed by atoms with E-state index < -0.39 is 0 Å². The molecule has 2 N–H and O–H groups in total. The van der Waals surface area contributed by atoms with Crippen LogP contribution in [0.15, 0.2) is 30.3 Å². The third-order valence-electron chi connectivity index (χ3n) is 1.80. The van der Waals surface area contributed by atoms with Crippen LogP contribution in [0.1, 0.15) is 5.56 Å². The minimum absolute atomic E-state index is 0.0261. The van der Waals surface area contributed by atoms with Gasteiger partial charge in [0.05, 0.1) is 0 Å². The summed E-state index contributed by atoms with van der Waals surface area (Å²) in [6.07, 6.45) is 3.30. The molecule has 0 aromatic heterocycles. The van der Waals surface area contributed by atoms with Crippen LogP contribution in [-0.2, 0) is 4.79 Å². The lowest BCUT2D eigenvalue weighted by Gasteiger charge is -2.04. The van der Waals surface area contributed by atoms with Crippen molar-refractivity contribution in [3.05, 3.63) is 35.9 Å². The van der Waals surface area contributed by atoms with Crippen molar-refractivity contribution in [1.29, 1.82) is 0 Å². The predicted molar refractivity (Wildman–Crippen MR) is 58.6 cm³/mol. The van der Waals surface area contributed by atoms with Gasteiger partial charge in [0.15, 0.2) is 0 Å². The Balaban J connectivity index is 2.69. The van der Waals surface area contributed by atoms with Crippen molar-refractivity contribution in [1.82, 2.24) is 4.90 Å². The van der Waals surface area contributed by atoms with Crippen molar-refractivity contribution in [3.63, 3.8) is 0 Å². The van der Waals surface area contributed by atoms with Crippen LogP contribution in [0.4, 0.5) is 5.69 Å². The van der Waals surface area contributed by atoms with E-state index in [-0.39, 0.29) is 5.91 Å². The zero-order valence-corrected chi connectivity index (χ0v) is 8.40. The Kier molecular flexibility index (Phi) is 3.29. The molecule has 0 saturated carbocycles. The summed E-state index contributed by atoms with van der Waals surface area (Å²) in [5, 5.41) is 0. The number of nitrogens with two attached hydrogens (primary N) is 1. The molecule has 0 aliphatic rings. The van der Waals surface area contributed by atoms with E-state index in [0.717, 1.165) is 11.3 Å². The summed E-state index contributed by atoms with van der Waals surface area (Å²) >= 11 is 0. The van der Waals surface area contributed by atoms with Crippen LogP contribution in [0.2, 0.25) is 0 Å². The van der Waals surface area contributed by atoms with Gasteiger partial charge in [0.1, 0.15) is 0 Å². The molecule has 0 unspecified atom stereocenters. The maximum absolute atomic E-state index is 11.2. The number of likely N-dealkylation sites (N-methyl/N-ethyl adjacent to an activating group) is 1. The Bertz CT molecular complexity index is 339. The first-order valence-electron chi connectivity index (χ1n) is 4.34. The topological polar surface area (TPSA) is 46.3 Å². The Morgan fingerprint density at radius 3 is 2.36 bits per heavy atom. The first kappa shape index (κ1) is 10.3. The van der Waals surface area contributed by atoms with Crippen LogP contribution in [0.5, 0.6) is 0 Å². The van der Waals surface area contributed by atoms with Crippen LogP contribution in [0, 0.1) is 0 Å². The normalized spacial score (nSPS) is 10.4. The van der Waals surface area contributed by atoms with E-state index in [4.69, 9.17) is 5.73 Å². The van der Waals surface area contributed by atoms with Gasteiger partial charge in [-0.25, -0.2) is 0 Å². The first-order chi connectivity index (χ1) is 6.59.